The normalized spacial score (nSPS) is 10.8. The van der Waals surface area contributed by atoms with Gasteiger partial charge in [-0.1, -0.05) is 97.9 Å². The highest BCUT2D eigenvalue weighted by molar-refractivity contribution is 7.99. The Morgan fingerprint density at radius 3 is 2.22 bits per heavy atom. The molecule has 0 radical (unpaired) electrons. The Bertz CT molecular complexity index is 1080. The Morgan fingerprint density at radius 1 is 0.906 bits per heavy atom. The van der Waals surface area contributed by atoms with Gasteiger partial charge >= 0.3 is 0 Å². The summed E-state index contributed by atoms with van der Waals surface area (Å²) >= 11 is 1.41. The number of nitrogens with zero attached hydrogens (tertiary/aromatic N) is 1. The van der Waals surface area contributed by atoms with Crippen LogP contribution in [0.15, 0.2) is 90.1 Å². The van der Waals surface area contributed by atoms with Gasteiger partial charge in [0.05, 0.1) is 17.1 Å². The molecule has 1 amide bonds. The number of imidazole rings is 1. The predicted octanol–water partition coefficient (Wildman–Crippen LogP) is 6.82. The summed E-state index contributed by atoms with van der Waals surface area (Å²) in [5, 5.41) is 3.71. The van der Waals surface area contributed by atoms with Crippen LogP contribution in [0.5, 0.6) is 0 Å². The number of rotatable bonds is 9. The van der Waals surface area contributed by atoms with Gasteiger partial charge in [-0.15, -0.1) is 0 Å². The number of unbranched alkanes of at least 4 members (excludes halogenated alkanes) is 1. The molecule has 0 aliphatic carbocycles. The number of carbonyl (C=O) groups excluding carboxylic acids is 1. The largest absolute Gasteiger partial charge is 0.332 e. The summed E-state index contributed by atoms with van der Waals surface area (Å²) in [4.78, 5) is 20.7. The maximum atomic E-state index is 12.5. The molecule has 0 bridgehead atoms. The Hall–Kier alpha value is -3.31. The lowest BCUT2D eigenvalue weighted by molar-refractivity contribution is -0.113. The quantitative estimate of drug-likeness (QED) is 0.280. The monoisotopic (exact) mass is 441 g/mol. The predicted molar refractivity (Wildman–Crippen MR) is 134 cm³/mol. The minimum absolute atomic E-state index is 0.0461. The molecule has 0 spiro atoms. The fourth-order valence-electron chi connectivity index (χ4n) is 3.51. The molecule has 0 saturated carbocycles. The van der Waals surface area contributed by atoms with E-state index in [1.165, 1.54) is 30.2 Å². The first kappa shape index (κ1) is 21.9. The van der Waals surface area contributed by atoms with Crippen molar-refractivity contribution < 1.29 is 4.79 Å². The maximum Gasteiger partial charge on any atom is 0.234 e. The van der Waals surface area contributed by atoms with Crippen LogP contribution in [0, 0.1) is 0 Å². The van der Waals surface area contributed by atoms with Gasteiger partial charge in [-0.05, 0) is 30.5 Å². The second-order valence-electron chi connectivity index (χ2n) is 7.63. The van der Waals surface area contributed by atoms with Crippen molar-refractivity contribution in [2.75, 3.05) is 11.1 Å². The van der Waals surface area contributed by atoms with E-state index in [1.54, 1.807) is 0 Å². The first-order valence-corrected chi connectivity index (χ1v) is 11.9. The second kappa shape index (κ2) is 10.8. The van der Waals surface area contributed by atoms with Crippen LogP contribution in [0.25, 0.3) is 22.5 Å². The topological polar surface area (TPSA) is 57.8 Å². The van der Waals surface area contributed by atoms with E-state index in [4.69, 9.17) is 4.98 Å². The first-order chi connectivity index (χ1) is 15.7. The van der Waals surface area contributed by atoms with Crippen molar-refractivity contribution >= 4 is 23.4 Å². The number of aromatic amines is 1. The van der Waals surface area contributed by atoms with Crippen molar-refractivity contribution in [2.24, 2.45) is 0 Å². The number of nitrogens with one attached hydrogen (secondary N) is 2. The molecule has 0 unspecified atom stereocenters. The number of hydrogen-bond donors (Lipinski definition) is 2. The van der Waals surface area contributed by atoms with Crippen LogP contribution in [-0.4, -0.2) is 21.6 Å². The van der Waals surface area contributed by atoms with Crippen molar-refractivity contribution in [1.82, 2.24) is 9.97 Å². The first-order valence-electron chi connectivity index (χ1n) is 11.0. The fraction of sp³-hybridized carbons (Fsp3) is 0.185. The number of aromatic nitrogens is 2. The average molecular weight is 442 g/mol. The third-order valence-electron chi connectivity index (χ3n) is 5.19. The smallest absolute Gasteiger partial charge is 0.234 e. The molecule has 1 heterocycles. The van der Waals surface area contributed by atoms with E-state index in [0.29, 0.717) is 0 Å². The van der Waals surface area contributed by atoms with Gasteiger partial charge in [0.25, 0.3) is 0 Å². The molecule has 0 aliphatic heterocycles. The zero-order valence-electron chi connectivity index (χ0n) is 18.2. The van der Waals surface area contributed by atoms with Crippen LogP contribution < -0.4 is 5.32 Å². The molecule has 162 valence electrons. The zero-order chi connectivity index (χ0) is 22.2. The number of aryl methyl sites for hydroxylation is 1. The number of anilines is 1. The molecular formula is C27H27N3OS. The molecule has 4 rings (SSSR count). The molecule has 4 aromatic rings. The summed E-state index contributed by atoms with van der Waals surface area (Å²) in [5.41, 5.74) is 6.09. The molecular weight excluding hydrogens is 414 g/mol. The average Bonchev–Trinajstić information content (AvgIpc) is 3.28. The van der Waals surface area contributed by atoms with Gasteiger partial charge in [-0.2, -0.15) is 0 Å². The van der Waals surface area contributed by atoms with E-state index in [0.717, 1.165) is 39.8 Å². The van der Waals surface area contributed by atoms with Crippen LogP contribution in [-0.2, 0) is 11.2 Å². The number of hydrogen-bond acceptors (Lipinski definition) is 3. The van der Waals surface area contributed by atoms with Gasteiger partial charge in [-0.25, -0.2) is 4.98 Å². The van der Waals surface area contributed by atoms with E-state index in [9.17, 15) is 4.79 Å². The summed E-state index contributed by atoms with van der Waals surface area (Å²) in [6.45, 7) is 2.19. The summed E-state index contributed by atoms with van der Waals surface area (Å²) in [7, 11) is 0. The number of benzene rings is 3. The van der Waals surface area contributed by atoms with Gasteiger partial charge in [0, 0.05) is 16.8 Å². The highest BCUT2D eigenvalue weighted by Crippen LogP contribution is 2.32. The lowest BCUT2D eigenvalue weighted by Gasteiger charge is -2.06. The minimum atomic E-state index is -0.0461. The lowest BCUT2D eigenvalue weighted by atomic mass is 10.1. The molecule has 32 heavy (non-hydrogen) atoms. The Labute approximate surface area is 193 Å². The molecule has 4 nitrogen and oxygen atoms in total. The molecule has 0 saturated heterocycles. The summed E-state index contributed by atoms with van der Waals surface area (Å²) in [5.74, 6) is 0.239. The fourth-order valence-corrected chi connectivity index (χ4v) is 4.18. The van der Waals surface area contributed by atoms with Gasteiger partial charge < -0.3 is 10.3 Å². The van der Waals surface area contributed by atoms with Crippen LogP contribution in [0.1, 0.15) is 25.3 Å². The van der Waals surface area contributed by atoms with Crippen molar-refractivity contribution in [3.8, 4) is 22.5 Å². The molecule has 0 aliphatic rings. The van der Waals surface area contributed by atoms with Gasteiger partial charge in [-0.3, -0.25) is 4.79 Å². The highest BCUT2D eigenvalue weighted by atomic mass is 32.2. The third-order valence-corrected chi connectivity index (χ3v) is 6.06. The van der Waals surface area contributed by atoms with Crippen molar-refractivity contribution in [2.45, 2.75) is 31.3 Å². The lowest BCUT2D eigenvalue weighted by Crippen LogP contribution is -2.14. The van der Waals surface area contributed by atoms with E-state index in [2.05, 4.69) is 41.5 Å². The van der Waals surface area contributed by atoms with Crippen LogP contribution >= 0.6 is 11.8 Å². The minimum Gasteiger partial charge on any atom is -0.332 e. The standard InChI is InChI=1S/C27H27N3OS/c1-2-3-10-20-15-17-23(18-16-20)28-24(31)19-32-27-29-25(21-11-6-4-7-12-21)26(30-27)22-13-8-5-9-14-22/h4-9,11-18H,2-3,10,19H2,1H3,(H,28,31)(H,29,30). The Morgan fingerprint density at radius 2 is 1.56 bits per heavy atom. The van der Waals surface area contributed by atoms with E-state index in [1.807, 2.05) is 60.7 Å². The number of H-pyrrole nitrogens is 1. The van der Waals surface area contributed by atoms with E-state index < -0.39 is 0 Å². The highest BCUT2D eigenvalue weighted by Gasteiger charge is 2.15. The third kappa shape index (κ3) is 5.68. The van der Waals surface area contributed by atoms with E-state index >= 15 is 0 Å². The van der Waals surface area contributed by atoms with Crippen LogP contribution in [0.4, 0.5) is 5.69 Å². The summed E-state index contributed by atoms with van der Waals surface area (Å²) in [6.07, 6.45) is 3.44. The summed E-state index contributed by atoms with van der Waals surface area (Å²) < 4.78 is 0. The number of thioether (sulfide) groups is 1. The van der Waals surface area contributed by atoms with Crippen molar-refractivity contribution in [1.29, 1.82) is 0 Å². The molecule has 3 aromatic carbocycles. The van der Waals surface area contributed by atoms with Gasteiger partial charge in [0.1, 0.15) is 0 Å². The Kier molecular flexibility index (Phi) is 7.41. The molecule has 5 heteroatoms. The van der Waals surface area contributed by atoms with Gasteiger partial charge in [0.15, 0.2) is 5.16 Å². The Balaban J connectivity index is 1.44. The summed E-state index contributed by atoms with van der Waals surface area (Å²) in [6, 6.07) is 28.4. The van der Waals surface area contributed by atoms with Crippen molar-refractivity contribution in [3.63, 3.8) is 0 Å². The van der Waals surface area contributed by atoms with Crippen molar-refractivity contribution in [3.05, 3.63) is 90.5 Å². The van der Waals surface area contributed by atoms with Crippen LogP contribution in [0.2, 0.25) is 0 Å². The van der Waals surface area contributed by atoms with Crippen LogP contribution in [0.3, 0.4) is 0 Å². The van der Waals surface area contributed by atoms with E-state index in [-0.39, 0.29) is 11.7 Å². The number of amides is 1. The van der Waals surface area contributed by atoms with Gasteiger partial charge in [0.2, 0.25) is 5.91 Å². The molecule has 0 atom stereocenters. The molecule has 2 N–H and O–H groups in total. The maximum absolute atomic E-state index is 12.5. The SMILES string of the molecule is CCCCc1ccc(NC(=O)CSc2nc(-c3ccccc3)c(-c3ccccc3)[nH]2)cc1. The zero-order valence-corrected chi connectivity index (χ0v) is 19.0. The molecule has 1 aromatic heterocycles. The molecule has 0 fully saturated rings. The number of carbonyl (C=O) groups is 1. The second-order valence-corrected chi connectivity index (χ2v) is 8.60.